The first-order valence-corrected chi connectivity index (χ1v) is 5.35. The third-order valence-electron chi connectivity index (χ3n) is 3.05. The molecule has 4 heteroatoms. The summed E-state index contributed by atoms with van der Waals surface area (Å²) >= 11 is 0. The van der Waals surface area contributed by atoms with Crippen molar-refractivity contribution in [1.29, 1.82) is 0 Å². The van der Waals surface area contributed by atoms with E-state index in [1.54, 1.807) is 0 Å². The van der Waals surface area contributed by atoms with Crippen LogP contribution in [0.5, 0.6) is 0 Å². The van der Waals surface area contributed by atoms with Crippen LogP contribution in [0.25, 0.3) is 0 Å². The highest BCUT2D eigenvalue weighted by Gasteiger charge is 2.28. The smallest absolute Gasteiger partial charge is 0.248 e. The number of nitrogens with zero attached hydrogens (tertiary/aromatic N) is 1. The van der Waals surface area contributed by atoms with Crippen molar-refractivity contribution in [3.05, 3.63) is 0 Å². The molecule has 0 aliphatic carbocycles. The van der Waals surface area contributed by atoms with Crippen LogP contribution < -0.4 is 5.32 Å². The molecule has 1 amide bonds. The van der Waals surface area contributed by atoms with Gasteiger partial charge in [-0.3, -0.25) is 4.79 Å². The highest BCUT2D eigenvalue weighted by Crippen LogP contribution is 2.14. The molecule has 2 aliphatic rings. The second kappa shape index (κ2) is 4.28. The number of hydrogen-bond acceptors (Lipinski definition) is 3. The van der Waals surface area contributed by atoms with Gasteiger partial charge < -0.3 is 15.0 Å². The van der Waals surface area contributed by atoms with Crippen molar-refractivity contribution in [1.82, 2.24) is 10.2 Å². The van der Waals surface area contributed by atoms with Crippen LogP contribution in [-0.2, 0) is 9.53 Å². The van der Waals surface area contributed by atoms with Gasteiger partial charge in [0, 0.05) is 6.54 Å². The number of rotatable bonds is 2. The van der Waals surface area contributed by atoms with Crippen LogP contribution in [0, 0.1) is 5.92 Å². The first-order chi connectivity index (χ1) is 6.77. The SMILES string of the molecule is CC1COCC(=O)N1CC1CCNC1. The summed E-state index contributed by atoms with van der Waals surface area (Å²) in [5.74, 6) is 0.787. The molecule has 2 fully saturated rings. The van der Waals surface area contributed by atoms with Crippen molar-refractivity contribution in [2.75, 3.05) is 32.8 Å². The number of morpholine rings is 1. The first-order valence-electron chi connectivity index (χ1n) is 5.35. The third kappa shape index (κ3) is 2.07. The zero-order chi connectivity index (χ0) is 9.97. The average molecular weight is 198 g/mol. The quantitative estimate of drug-likeness (QED) is 0.670. The van der Waals surface area contributed by atoms with Crippen LogP contribution in [0.3, 0.4) is 0 Å². The van der Waals surface area contributed by atoms with Crippen LogP contribution in [0.4, 0.5) is 0 Å². The normalized spacial score (nSPS) is 33.8. The second-order valence-electron chi connectivity index (χ2n) is 4.27. The maximum absolute atomic E-state index is 11.6. The Bertz CT molecular complexity index is 214. The lowest BCUT2D eigenvalue weighted by atomic mass is 10.1. The maximum atomic E-state index is 11.6. The Balaban J connectivity index is 1.89. The van der Waals surface area contributed by atoms with Crippen molar-refractivity contribution in [3.63, 3.8) is 0 Å². The lowest BCUT2D eigenvalue weighted by Gasteiger charge is -2.34. The molecule has 2 rings (SSSR count). The van der Waals surface area contributed by atoms with E-state index in [0.29, 0.717) is 12.5 Å². The van der Waals surface area contributed by atoms with Crippen molar-refractivity contribution in [3.8, 4) is 0 Å². The minimum absolute atomic E-state index is 0.149. The monoisotopic (exact) mass is 198 g/mol. The Morgan fingerprint density at radius 2 is 2.50 bits per heavy atom. The van der Waals surface area contributed by atoms with Gasteiger partial charge in [-0.1, -0.05) is 0 Å². The molecule has 2 heterocycles. The summed E-state index contributed by atoms with van der Waals surface area (Å²) in [5.41, 5.74) is 0. The Morgan fingerprint density at radius 3 is 3.14 bits per heavy atom. The fraction of sp³-hybridized carbons (Fsp3) is 0.900. The van der Waals surface area contributed by atoms with E-state index >= 15 is 0 Å². The van der Waals surface area contributed by atoms with Crippen molar-refractivity contribution in [2.24, 2.45) is 5.92 Å². The molecule has 0 saturated carbocycles. The van der Waals surface area contributed by atoms with Crippen molar-refractivity contribution in [2.45, 2.75) is 19.4 Å². The Labute approximate surface area is 84.6 Å². The lowest BCUT2D eigenvalue weighted by Crippen LogP contribution is -2.49. The molecule has 0 aromatic carbocycles. The number of carbonyl (C=O) groups is 1. The van der Waals surface area contributed by atoms with Crippen LogP contribution in [0.15, 0.2) is 0 Å². The van der Waals surface area contributed by atoms with Gasteiger partial charge in [-0.25, -0.2) is 0 Å². The maximum Gasteiger partial charge on any atom is 0.248 e. The standard InChI is InChI=1S/C10H18N2O2/c1-8-6-14-7-10(13)12(8)5-9-2-3-11-4-9/h8-9,11H,2-7H2,1H3. The van der Waals surface area contributed by atoms with Crippen LogP contribution in [0.2, 0.25) is 0 Å². The zero-order valence-corrected chi connectivity index (χ0v) is 8.66. The molecular formula is C10H18N2O2. The molecule has 0 radical (unpaired) electrons. The third-order valence-corrected chi connectivity index (χ3v) is 3.05. The fourth-order valence-electron chi connectivity index (χ4n) is 2.17. The van der Waals surface area contributed by atoms with Crippen LogP contribution in [-0.4, -0.2) is 49.7 Å². The lowest BCUT2D eigenvalue weighted by molar-refractivity contribution is -0.148. The molecule has 80 valence electrons. The second-order valence-corrected chi connectivity index (χ2v) is 4.27. The topological polar surface area (TPSA) is 41.6 Å². The van der Waals surface area contributed by atoms with Crippen molar-refractivity contribution < 1.29 is 9.53 Å². The molecule has 2 saturated heterocycles. The van der Waals surface area contributed by atoms with E-state index < -0.39 is 0 Å². The molecule has 4 nitrogen and oxygen atoms in total. The predicted molar refractivity (Wildman–Crippen MR) is 53.0 cm³/mol. The van der Waals surface area contributed by atoms with Gasteiger partial charge in [-0.2, -0.15) is 0 Å². The summed E-state index contributed by atoms with van der Waals surface area (Å²) < 4.78 is 5.18. The summed E-state index contributed by atoms with van der Waals surface area (Å²) in [6, 6.07) is 0.247. The van der Waals surface area contributed by atoms with E-state index in [2.05, 4.69) is 12.2 Å². The van der Waals surface area contributed by atoms with E-state index in [9.17, 15) is 4.79 Å². The number of carbonyl (C=O) groups excluding carboxylic acids is 1. The fourth-order valence-corrected chi connectivity index (χ4v) is 2.17. The molecule has 0 bridgehead atoms. The minimum atomic E-state index is 0.149. The van der Waals surface area contributed by atoms with Gasteiger partial charge in [-0.15, -0.1) is 0 Å². The Hall–Kier alpha value is -0.610. The summed E-state index contributed by atoms with van der Waals surface area (Å²) in [5, 5.41) is 3.32. The molecule has 0 aromatic heterocycles. The predicted octanol–water partition coefficient (Wildman–Crippen LogP) is -0.157. The first kappa shape index (κ1) is 9.93. The number of hydrogen-bond donors (Lipinski definition) is 1. The average Bonchev–Trinajstić information content (AvgIpc) is 2.64. The van der Waals surface area contributed by atoms with Crippen LogP contribution in [0.1, 0.15) is 13.3 Å². The molecular weight excluding hydrogens is 180 g/mol. The van der Waals surface area contributed by atoms with E-state index in [4.69, 9.17) is 4.74 Å². The summed E-state index contributed by atoms with van der Waals surface area (Å²) in [7, 11) is 0. The zero-order valence-electron chi connectivity index (χ0n) is 8.66. The molecule has 14 heavy (non-hydrogen) atoms. The van der Waals surface area contributed by atoms with Crippen LogP contribution >= 0.6 is 0 Å². The number of nitrogens with one attached hydrogen (secondary N) is 1. The highest BCUT2D eigenvalue weighted by atomic mass is 16.5. The van der Waals surface area contributed by atoms with Gasteiger partial charge in [0.25, 0.3) is 0 Å². The van der Waals surface area contributed by atoms with Gasteiger partial charge in [-0.05, 0) is 32.4 Å². The Kier molecular flexibility index (Phi) is 3.03. The molecule has 0 spiro atoms. The molecule has 1 N–H and O–H groups in total. The summed E-state index contributed by atoms with van der Waals surface area (Å²) in [6.07, 6.45) is 1.19. The van der Waals surface area contributed by atoms with Crippen molar-refractivity contribution >= 4 is 5.91 Å². The van der Waals surface area contributed by atoms with Gasteiger partial charge in [0.2, 0.25) is 5.91 Å². The molecule has 2 atom stereocenters. The van der Waals surface area contributed by atoms with Gasteiger partial charge in [0.05, 0.1) is 12.6 Å². The van der Waals surface area contributed by atoms with E-state index in [1.807, 2.05) is 4.90 Å². The molecule has 0 aromatic rings. The molecule has 2 unspecified atom stereocenters. The minimum Gasteiger partial charge on any atom is -0.370 e. The summed E-state index contributed by atoms with van der Waals surface area (Å²) in [4.78, 5) is 13.5. The highest BCUT2D eigenvalue weighted by molar-refractivity contribution is 5.78. The van der Waals surface area contributed by atoms with Gasteiger partial charge >= 0.3 is 0 Å². The van der Waals surface area contributed by atoms with E-state index in [-0.39, 0.29) is 18.6 Å². The largest absolute Gasteiger partial charge is 0.370 e. The van der Waals surface area contributed by atoms with E-state index in [1.165, 1.54) is 6.42 Å². The summed E-state index contributed by atoms with van der Waals surface area (Å²) in [6.45, 7) is 6.06. The Morgan fingerprint density at radius 1 is 1.64 bits per heavy atom. The van der Waals surface area contributed by atoms with E-state index in [0.717, 1.165) is 19.6 Å². The van der Waals surface area contributed by atoms with Gasteiger partial charge in [0.15, 0.2) is 0 Å². The number of ether oxygens (including phenoxy) is 1. The van der Waals surface area contributed by atoms with Gasteiger partial charge in [0.1, 0.15) is 6.61 Å². The molecule has 2 aliphatic heterocycles. The number of amides is 1.